The monoisotopic (exact) mass is 311 g/mol. The van der Waals surface area contributed by atoms with Gasteiger partial charge in [-0.1, -0.05) is 13.0 Å². The lowest BCUT2D eigenvalue weighted by Crippen LogP contribution is -2.45. The Bertz CT molecular complexity index is 511. The number of nitrogens with one attached hydrogen (secondary N) is 1. The average molecular weight is 311 g/mol. The molecule has 0 spiro atoms. The summed E-state index contributed by atoms with van der Waals surface area (Å²) in [6.45, 7) is 4.42. The van der Waals surface area contributed by atoms with Gasteiger partial charge in [0.2, 0.25) is 10.0 Å². The Hall–Kier alpha value is -0.980. The molecule has 0 radical (unpaired) electrons. The fourth-order valence-corrected chi connectivity index (χ4v) is 4.09. The van der Waals surface area contributed by atoms with E-state index in [1.165, 1.54) is 0 Å². The highest BCUT2D eigenvalue weighted by atomic mass is 32.2. The molecular weight excluding hydrogens is 286 g/mol. The van der Waals surface area contributed by atoms with Gasteiger partial charge in [0, 0.05) is 37.4 Å². The zero-order valence-corrected chi connectivity index (χ0v) is 13.5. The van der Waals surface area contributed by atoms with Crippen LogP contribution in [0.25, 0.3) is 0 Å². The van der Waals surface area contributed by atoms with Crippen molar-refractivity contribution in [1.82, 2.24) is 14.6 Å². The number of hydrogen-bond donors (Lipinski definition) is 1. The van der Waals surface area contributed by atoms with E-state index in [2.05, 4.69) is 17.2 Å². The van der Waals surface area contributed by atoms with Crippen LogP contribution >= 0.6 is 0 Å². The van der Waals surface area contributed by atoms with Crippen molar-refractivity contribution < 1.29 is 8.42 Å². The summed E-state index contributed by atoms with van der Waals surface area (Å²) in [5, 5.41) is 3.47. The number of nitrogens with zero attached hydrogens (tertiary/aromatic N) is 2. The van der Waals surface area contributed by atoms with Crippen molar-refractivity contribution in [3.63, 3.8) is 0 Å². The number of sulfonamides is 1. The molecule has 0 saturated carbocycles. The van der Waals surface area contributed by atoms with Gasteiger partial charge < -0.3 is 5.32 Å². The van der Waals surface area contributed by atoms with Crippen LogP contribution in [0.1, 0.15) is 31.9 Å². The second-order valence-electron chi connectivity index (χ2n) is 5.51. The van der Waals surface area contributed by atoms with E-state index in [9.17, 15) is 8.42 Å². The zero-order chi connectivity index (χ0) is 15.1. The Morgan fingerprint density at radius 2 is 2.10 bits per heavy atom. The molecule has 1 N–H and O–H groups in total. The molecule has 0 atom stereocenters. The molecule has 0 unspecified atom stereocenters. The van der Waals surface area contributed by atoms with Gasteiger partial charge in [0.25, 0.3) is 0 Å². The minimum absolute atomic E-state index is 0.150. The minimum atomic E-state index is -3.16. The van der Waals surface area contributed by atoms with Crippen molar-refractivity contribution in [3.8, 4) is 0 Å². The average Bonchev–Trinajstić information content (AvgIpc) is 2.52. The fourth-order valence-electron chi connectivity index (χ4n) is 2.60. The smallest absolute Gasteiger partial charge is 0.214 e. The van der Waals surface area contributed by atoms with Gasteiger partial charge >= 0.3 is 0 Å². The van der Waals surface area contributed by atoms with E-state index in [1.54, 1.807) is 10.5 Å². The molecule has 118 valence electrons. The molecule has 1 aromatic heterocycles. The molecule has 2 heterocycles. The summed E-state index contributed by atoms with van der Waals surface area (Å²) < 4.78 is 26.4. The van der Waals surface area contributed by atoms with E-state index >= 15 is 0 Å². The molecule has 1 aliphatic rings. The predicted molar refractivity (Wildman–Crippen MR) is 84.6 cm³/mol. The summed E-state index contributed by atoms with van der Waals surface area (Å²) in [6.07, 6.45) is 5.11. The maximum absolute atomic E-state index is 12.4. The second kappa shape index (κ2) is 7.87. The Labute approximate surface area is 127 Å². The lowest BCUT2D eigenvalue weighted by atomic mass is 10.1. The molecule has 0 aromatic carbocycles. The van der Waals surface area contributed by atoms with Crippen molar-refractivity contribution in [3.05, 3.63) is 30.1 Å². The number of hydrogen-bond acceptors (Lipinski definition) is 4. The minimum Gasteiger partial charge on any atom is -0.314 e. The molecule has 1 saturated heterocycles. The summed E-state index contributed by atoms with van der Waals surface area (Å²) in [4.78, 5) is 4.18. The van der Waals surface area contributed by atoms with Crippen LogP contribution in [-0.4, -0.2) is 49.1 Å². The third-order valence-electron chi connectivity index (χ3n) is 3.87. The molecule has 6 heteroatoms. The molecule has 1 aliphatic heterocycles. The van der Waals surface area contributed by atoms with Gasteiger partial charge in [-0.3, -0.25) is 4.98 Å². The predicted octanol–water partition coefficient (Wildman–Crippen LogP) is 1.42. The molecule has 1 fully saturated rings. The summed E-state index contributed by atoms with van der Waals surface area (Å²) >= 11 is 0. The first-order valence-corrected chi connectivity index (χ1v) is 9.34. The summed E-state index contributed by atoms with van der Waals surface area (Å²) in [6, 6.07) is 6.06. The summed E-state index contributed by atoms with van der Waals surface area (Å²) in [7, 11) is -3.16. The molecule has 0 aliphatic carbocycles. The van der Waals surface area contributed by atoms with Crippen molar-refractivity contribution in [1.29, 1.82) is 0 Å². The Morgan fingerprint density at radius 1 is 1.33 bits per heavy atom. The zero-order valence-electron chi connectivity index (χ0n) is 12.7. The van der Waals surface area contributed by atoms with Gasteiger partial charge in [0.15, 0.2) is 0 Å². The fraction of sp³-hybridized carbons (Fsp3) is 0.667. The van der Waals surface area contributed by atoms with E-state index in [0.717, 1.165) is 31.5 Å². The molecular formula is C15H25N3O2S. The van der Waals surface area contributed by atoms with Crippen LogP contribution in [0.15, 0.2) is 24.4 Å². The van der Waals surface area contributed by atoms with Crippen molar-refractivity contribution >= 4 is 10.0 Å². The van der Waals surface area contributed by atoms with E-state index < -0.39 is 10.0 Å². The highest BCUT2D eigenvalue weighted by Gasteiger charge is 2.27. The number of rotatable bonds is 7. The normalized spacial score (nSPS) is 18.0. The maximum Gasteiger partial charge on any atom is 0.214 e. The van der Waals surface area contributed by atoms with Crippen LogP contribution in [-0.2, 0) is 16.4 Å². The first-order chi connectivity index (χ1) is 10.1. The van der Waals surface area contributed by atoms with Gasteiger partial charge in [-0.25, -0.2) is 12.7 Å². The lowest BCUT2D eigenvalue weighted by molar-refractivity contribution is 0.290. The van der Waals surface area contributed by atoms with Gasteiger partial charge in [0.1, 0.15) is 0 Å². The molecule has 0 amide bonds. The quantitative estimate of drug-likeness (QED) is 0.827. The Kier molecular flexibility index (Phi) is 6.14. The SMILES string of the molecule is CCCNC1CCN(S(=O)(=O)CCc2ccccn2)CC1. The summed E-state index contributed by atoms with van der Waals surface area (Å²) in [5.74, 6) is 0.150. The lowest BCUT2D eigenvalue weighted by Gasteiger charge is -2.31. The topological polar surface area (TPSA) is 62.3 Å². The molecule has 2 rings (SSSR count). The Morgan fingerprint density at radius 3 is 2.71 bits per heavy atom. The van der Waals surface area contributed by atoms with Crippen LogP contribution in [0, 0.1) is 0 Å². The van der Waals surface area contributed by atoms with Crippen molar-refractivity contribution in [2.24, 2.45) is 0 Å². The first kappa shape index (κ1) is 16.4. The molecule has 5 nitrogen and oxygen atoms in total. The Balaban J connectivity index is 1.81. The van der Waals surface area contributed by atoms with Gasteiger partial charge in [-0.15, -0.1) is 0 Å². The highest BCUT2D eigenvalue weighted by molar-refractivity contribution is 7.89. The van der Waals surface area contributed by atoms with Gasteiger partial charge in [0.05, 0.1) is 5.75 Å². The van der Waals surface area contributed by atoms with Crippen LogP contribution < -0.4 is 5.32 Å². The van der Waals surface area contributed by atoms with E-state index in [1.807, 2.05) is 18.2 Å². The number of piperidine rings is 1. The maximum atomic E-state index is 12.4. The van der Waals surface area contributed by atoms with Crippen molar-refractivity contribution in [2.45, 2.75) is 38.6 Å². The van der Waals surface area contributed by atoms with Crippen LogP contribution in [0.5, 0.6) is 0 Å². The number of aryl methyl sites for hydroxylation is 1. The van der Waals surface area contributed by atoms with Crippen molar-refractivity contribution in [2.75, 3.05) is 25.4 Å². The van der Waals surface area contributed by atoms with Gasteiger partial charge in [-0.2, -0.15) is 0 Å². The van der Waals surface area contributed by atoms with Crippen LogP contribution in [0.4, 0.5) is 0 Å². The molecule has 21 heavy (non-hydrogen) atoms. The van der Waals surface area contributed by atoms with E-state index in [0.29, 0.717) is 25.6 Å². The highest BCUT2D eigenvalue weighted by Crippen LogP contribution is 2.15. The molecule has 0 bridgehead atoms. The second-order valence-corrected chi connectivity index (χ2v) is 7.60. The van der Waals surface area contributed by atoms with Crippen LogP contribution in [0.2, 0.25) is 0 Å². The first-order valence-electron chi connectivity index (χ1n) is 7.73. The standard InChI is InChI=1S/C15H25N3O2S/c1-2-9-16-15-6-11-18(12-7-15)21(19,20)13-8-14-5-3-4-10-17-14/h3-5,10,15-16H,2,6-9,11-13H2,1H3. The third kappa shape index (κ3) is 5.05. The van der Waals surface area contributed by atoms with E-state index in [-0.39, 0.29) is 5.75 Å². The number of pyridine rings is 1. The van der Waals surface area contributed by atoms with Crippen LogP contribution in [0.3, 0.4) is 0 Å². The third-order valence-corrected chi connectivity index (χ3v) is 5.74. The van der Waals surface area contributed by atoms with E-state index in [4.69, 9.17) is 0 Å². The largest absolute Gasteiger partial charge is 0.314 e. The van der Waals surface area contributed by atoms with Gasteiger partial charge in [-0.05, 0) is 37.9 Å². The molecule has 1 aromatic rings. The number of aromatic nitrogens is 1. The summed E-state index contributed by atoms with van der Waals surface area (Å²) in [5.41, 5.74) is 0.834.